The van der Waals surface area contributed by atoms with E-state index < -0.39 is 8.07 Å². The van der Waals surface area contributed by atoms with Gasteiger partial charge in [0, 0.05) is 13.1 Å². The zero-order valence-electron chi connectivity index (χ0n) is 8.89. The van der Waals surface area contributed by atoms with Gasteiger partial charge in [-0.1, -0.05) is 19.6 Å². The summed E-state index contributed by atoms with van der Waals surface area (Å²) in [5.74, 6) is 0. The standard InChI is InChI=1S/C8H20N2O2Si/c1-7(13(2,3)4)12-8(11)10-6-5-9/h7H,5-6,9H2,1-4H3,(H,10,11). The minimum atomic E-state index is -1.38. The summed E-state index contributed by atoms with van der Waals surface area (Å²) in [6.45, 7) is 9.33. The molecule has 4 nitrogen and oxygen atoms in total. The predicted molar refractivity (Wildman–Crippen MR) is 56.3 cm³/mol. The van der Waals surface area contributed by atoms with Gasteiger partial charge in [-0.25, -0.2) is 4.79 Å². The van der Waals surface area contributed by atoms with Gasteiger partial charge in [0.05, 0.1) is 13.8 Å². The third kappa shape index (κ3) is 5.65. The SMILES string of the molecule is CC(OC(=O)NCCN)[Si](C)(C)C. The number of carbonyl (C=O) groups excluding carboxylic acids is 1. The monoisotopic (exact) mass is 204 g/mol. The number of carbonyl (C=O) groups is 1. The van der Waals surface area contributed by atoms with Crippen molar-refractivity contribution in [2.45, 2.75) is 32.3 Å². The number of ether oxygens (including phenoxy) is 1. The largest absolute Gasteiger partial charge is 0.450 e. The molecule has 0 aromatic heterocycles. The summed E-state index contributed by atoms with van der Waals surface area (Å²) < 4.78 is 5.17. The van der Waals surface area contributed by atoms with Crippen LogP contribution in [-0.4, -0.2) is 33.0 Å². The Morgan fingerprint density at radius 3 is 2.46 bits per heavy atom. The molecule has 0 radical (unpaired) electrons. The first-order valence-electron chi connectivity index (χ1n) is 4.52. The Morgan fingerprint density at radius 2 is 2.08 bits per heavy atom. The van der Waals surface area contributed by atoms with Crippen LogP contribution in [-0.2, 0) is 4.74 Å². The van der Waals surface area contributed by atoms with Gasteiger partial charge < -0.3 is 15.8 Å². The third-order valence-corrected chi connectivity index (χ3v) is 4.47. The molecule has 0 aromatic rings. The quantitative estimate of drug-likeness (QED) is 0.670. The maximum atomic E-state index is 11.1. The van der Waals surface area contributed by atoms with Gasteiger partial charge in [-0.05, 0) is 6.92 Å². The highest BCUT2D eigenvalue weighted by atomic mass is 28.3. The molecule has 1 atom stereocenters. The average molecular weight is 204 g/mol. The van der Waals surface area contributed by atoms with Crippen LogP contribution < -0.4 is 11.1 Å². The first-order valence-corrected chi connectivity index (χ1v) is 8.10. The lowest BCUT2D eigenvalue weighted by Gasteiger charge is -2.24. The summed E-state index contributed by atoms with van der Waals surface area (Å²) in [5.41, 5.74) is 5.26. The molecule has 5 heteroatoms. The van der Waals surface area contributed by atoms with Gasteiger partial charge in [0.1, 0.15) is 0 Å². The topological polar surface area (TPSA) is 64.3 Å². The number of alkyl carbamates (subject to hydrolysis) is 1. The van der Waals surface area contributed by atoms with Gasteiger partial charge in [-0.3, -0.25) is 0 Å². The van der Waals surface area contributed by atoms with Crippen molar-refractivity contribution in [1.29, 1.82) is 0 Å². The van der Waals surface area contributed by atoms with Crippen molar-refractivity contribution < 1.29 is 9.53 Å². The van der Waals surface area contributed by atoms with Crippen molar-refractivity contribution in [3.8, 4) is 0 Å². The van der Waals surface area contributed by atoms with Crippen LogP contribution in [0.15, 0.2) is 0 Å². The number of hydrogen-bond acceptors (Lipinski definition) is 3. The van der Waals surface area contributed by atoms with Crippen LogP contribution in [0.2, 0.25) is 19.6 Å². The zero-order valence-corrected chi connectivity index (χ0v) is 9.89. The normalized spacial score (nSPS) is 13.6. The van der Waals surface area contributed by atoms with E-state index in [0.717, 1.165) is 0 Å². The first-order chi connectivity index (χ1) is 5.88. The Hall–Kier alpha value is -0.553. The second-order valence-electron chi connectivity index (χ2n) is 4.13. The molecule has 1 unspecified atom stereocenters. The summed E-state index contributed by atoms with van der Waals surface area (Å²) in [7, 11) is -1.38. The molecule has 0 saturated carbocycles. The lowest BCUT2D eigenvalue weighted by molar-refractivity contribution is 0.135. The fourth-order valence-electron chi connectivity index (χ4n) is 0.553. The molecule has 3 N–H and O–H groups in total. The van der Waals surface area contributed by atoms with E-state index in [1.165, 1.54) is 0 Å². The van der Waals surface area contributed by atoms with E-state index in [2.05, 4.69) is 25.0 Å². The van der Waals surface area contributed by atoms with Crippen LogP contribution in [0.5, 0.6) is 0 Å². The van der Waals surface area contributed by atoms with Crippen LogP contribution in [0, 0.1) is 0 Å². The van der Waals surface area contributed by atoms with Gasteiger partial charge in [-0.2, -0.15) is 0 Å². The van der Waals surface area contributed by atoms with E-state index in [0.29, 0.717) is 13.1 Å². The van der Waals surface area contributed by atoms with Crippen LogP contribution in [0.25, 0.3) is 0 Å². The smallest absolute Gasteiger partial charge is 0.407 e. The molecular formula is C8H20N2O2Si. The van der Waals surface area contributed by atoms with E-state index in [4.69, 9.17) is 10.5 Å². The number of amides is 1. The van der Waals surface area contributed by atoms with Crippen molar-refractivity contribution in [1.82, 2.24) is 5.32 Å². The first kappa shape index (κ1) is 12.4. The molecular weight excluding hydrogens is 184 g/mol. The summed E-state index contributed by atoms with van der Waals surface area (Å²) in [6.07, 6.45) is -0.361. The number of hydrogen-bond donors (Lipinski definition) is 2. The van der Waals surface area contributed by atoms with Crippen LogP contribution >= 0.6 is 0 Å². The van der Waals surface area contributed by atoms with E-state index in [9.17, 15) is 4.79 Å². The molecule has 0 fully saturated rings. The van der Waals surface area contributed by atoms with Gasteiger partial charge in [0.25, 0.3) is 0 Å². The molecule has 0 aliphatic heterocycles. The highest BCUT2D eigenvalue weighted by Gasteiger charge is 2.25. The number of rotatable bonds is 4. The summed E-state index contributed by atoms with van der Waals surface area (Å²) >= 11 is 0. The Morgan fingerprint density at radius 1 is 1.54 bits per heavy atom. The second kappa shape index (κ2) is 5.24. The molecule has 78 valence electrons. The fourth-order valence-corrected chi connectivity index (χ4v) is 1.01. The third-order valence-electron chi connectivity index (χ3n) is 1.92. The molecule has 0 rings (SSSR count). The average Bonchev–Trinajstić information content (AvgIpc) is 1.99. The molecule has 13 heavy (non-hydrogen) atoms. The number of nitrogens with two attached hydrogens (primary N) is 1. The molecule has 0 aliphatic rings. The minimum absolute atomic E-state index is 0.0327. The highest BCUT2D eigenvalue weighted by molar-refractivity contribution is 6.77. The van der Waals surface area contributed by atoms with Crippen molar-refractivity contribution in [2.75, 3.05) is 13.1 Å². The summed E-state index contributed by atoms with van der Waals surface area (Å²) in [4.78, 5) is 11.1. The molecule has 0 bridgehead atoms. The zero-order chi connectivity index (χ0) is 10.5. The lowest BCUT2D eigenvalue weighted by atomic mass is 10.6. The van der Waals surface area contributed by atoms with Crippen molar-refractivity contribution in [3.05, 3.63) is 0 Å². The van der Waals surface area contributed by atoms with Crippen molar-refractivity contribution in [2.24, 2.45) is 5.73 Å². The molecule has 0 aromatic carbocycles. The van der Waals surface area contributed by atoms with Crippen molar-refractivity contribution in [3.63, 3.8) is 0 Å². The Kier molecular flexibility index (Phi) is 5.01. The van der Waals surface area contributed by atoms with Gasteiger partial charge >= 0.3 is 6.09 Å². The van der Waals surface area contributed by atoms with Crippen molar-refractivity contribution >= 4 is 14.2 Å². The highest BCUT2D eigenvalue weighted by Crippen LogP contribution is 2.10. The van der Waals surface area contributed by atoms with E-state index >= 15 is 0 Å². The van der Waals surface area contributed by atoms with E-state index in [1.54, 1.807) is 0 Å². The summed E-state index contributed by atoms with van der Waals surface area (Å²) in [6, 6.07) is 0. The second-order valence-corrected chi connectivity index (χ2v) is 9.67. The molecule has 0 saturated heterocycles. The lowest BCUT2D eigenvalue weighted by Crippen LogP contribution is -2.42. The van der Waals surface area contributed by atoms with Crippen LogP contribution in [0.4, 0.5) is 4.79 Å². The molecule has 1 amide bonds. The van der Waals surface area contributed by atoms with Gasteiger partial charge in [0.15, 0.2) is 0 Å². The van der Waals surface area contributed by atoms with E-state index in [1.807, 2.05) is 6.92 Å². The predicted octanol–water partition coefficient (Wildman–Crippen LogP) is 0.937. The maximum absolute atomic E-state index is 11.1. The van der Waals surface area contributed by atoms with Crippen LogP contribution in [0.3, 0.4) is 0 Å². The Balaban J connectivity index is 3.79. The number of nitrogens with one attached hydrogen (secondary N) is 1. The Bertz CT molecular complexity index is 168. The van der Waals surface area contributed by atoms with Gasteiger partial charge in [-0.15, -0.1) is 0 Å². The minimum Gasteiger partial charge on any atom is -0.450 e. The Labute approximate surface area is 80.8 Å². The molecule has 0 heterocycles. The van der Waals surface area contributed by atoms with Gasteiger partial charge in [0.2, 0.25) is 0 Å². The fraction of sp³-hybridized carbons (Fsp3) is 0.875. The maximum Gasteiger partial charge on any atom is 0.407 e. The molecule has 0 spiro atoms. The van der Waals surface area contributed by atoms with E-state index in [-0.39, 0.29) is 11.8 Å². The molecule has 0 aliphatic carbocycles. The summed E-state index contributed by atoms with van der Waals surface area (Å²) in [5, 5.41) is 2.57. The van der Waals surface area contributed by atoms with Crippen LogP contribution in [0.1, 0.15) is 6.92 Å².